The van der Waals surface area contributed by atoms with Gasteiger partial charge in [-0.05, 0) is 38.0 Å². The minimum absolute atomic E-state index is 0.0833. The second-order valence-electron chi connectivity index (χ2n) is 4.83. The molecular formula is C14H17N3O3. The van der Waals surface area contributed by atoms with Crippen molar-refractivity contribution in [1.29, 1.82) is 0 Å². The van der Waals surface area contributed by atoms with E-state index in [2.05, 4.69) is 10.3 Å². The van der Waals surface area contributed by atoms with Crippen molar-refractivity contribution in [2.45, 2.75) is 33.2 Å². The first-order valence-electron chi connectivity index (χ1n) is 6.47. The van der Waals surface area contributed by atoms with E-state index >= 15 is 0 Å². The van der Waals surface area contributed by atoms with Crippen molar-refractivity contribution in [2.75, 3.05) is 0 Å². The van der Waals surface area contributed by atoms with E-state index in [9.17, 15) is 14.7 Å². The van der Waals surface area contributed by atoms with Gasteiger partial charge in [0.25, 0.3) is 11.5 Å². The first kappa shape index (κ1) is 14.0. The van der Waals surface area contributed by atoms with Gasteiger partial charge in [-0.2, -0.15) is 4.98 Å². The van der Waals surface area contributed by atoms with E-state index in [0.29, 0.717) is 5.65 Å². The molecule has 0 aliphatic heterocycles. The second kappa shape index (κ2) is 5.32. The van der Waals surface area contributed by atoms with E-state index in [4.69, 9.17) is 0 Å². The van der Waals surface area contributed by atoms with E-state index in [0.717, 1.165) is 12.0 Å². The van der Waals surface area contributed by atoms with Crippen LogP contribution in [-0.4, -0.2) is 26.4 Å². The quantitative estimate of drug-likeness (QED) is 0.882. The van der Waals surface area contributed by atoms with Crippen LogP contribution in [0, 0.1) is 6.92 Å². The van der Waals surface area contributed by atoms with Crippen LogP contribution in [0.4, 0.5) is 0 Å². The number of carbonyl (C=O) groups excluding carboxylic acids is 1. The average molecular weight is 275 g/mol. The lowest BCUT2D eigenvalue weighted by Gasteiger charge is -2.12. The molecule has 0 aromatic carbocycles. The zero-order valence-corrected chi connectivity index (χ0v) is 11.7. The highest BCUT2D eigenvalue weighted by atomic mass is 16.3. The first-order valence-corrected chi connectivity index (χ1v) is 6.47. The number of aromatic nitrogens is 2. The minimum Gasteiger partial charge on any atom is -0.493 e. The van der Waals surface area contributed by atoms with Crippen molar-refractivity contribution < 1.29 is 9.90 Å². The molecule has 1 amide bonds. The summed E-state index contributed by atoms with van der Waals surface area (Å²) in [7, 11) is 0. The lowest BCUT2D eigenvalue weighted by molar-refractivity contribution is 0.0934. The average Bonchev–Trinajstić information content (AvgIpc) is 2.37. The van der Waals surface area contributed by atoms with Gasteiger partial charge in [0, 0.05) is 12.2 Å². The van der Waals surface area contributed by atoms with Crippen LogP contribution >= 0.6 is 0 Å². The number of amides is 1. The molecule has 2 N–H and O–H groups in total. The highest BCUT2D eigenvalue weighted by molar-refractivity contribution is 5.96. The Labute approximate surface area is 116 Å². The normalized spacial score (nSPS) is 12.3. The Hall–Kier alpha value is -2.37. The minimum atomic E-state index is -0.607. The summed E-state index contributed by atoms with van der Waals surface area (Å²) in [5.41, 5.74) is 0.320. The van der Waals surface area contributed by atoms with E-state index in [1.807, 2.05) is 20.8 Å². The van der Waals surface area contributed by atoms with Gasteiger partial charge in [0.1, 0.15) is 5.65 Å². The van der Waals surface area contributed by atoms with Crippen LogP contribution < -0.4 is 10.9 Å². The van der Waals surface area contributed by atoms with Crippen molar-refractivity contribution in [3.05, 3.63) is 39.8 Å². The Kier molecular flexibility index (Phi) is 3.74. The predicted octanol–water partition coefficient (Wildman–Crippen LogP) is 1.24. The molecule has 0 aliphatic carbocycles. The Bertz CT molecular complexity index is 721. The maximum atomic E-state index is 12.3. The van der Waals surface area contributed by atoms with Crippen LogP contribution in [0.3, 0.4) is 0 Å². The molecule has 0 fully saturated rings. The fourth-order valence-electron chi connectivity index (χ4n) is 1.82. The van der Waals surface area contributed by atoms with Gasteiger partial charge < -0.3 is 10.4 Å². The van der Waals surface area contributed by atoms with Crippen molar-refractivity contribution >= 4 is 11.6 Å². The van der Waals surface area contributed by atoms with Crippen LogP contribution in [-0.2, 0) is 0 Å². The third kappa shape index (κ3) is 2.49. The summed E-state index contributed by atoms with van der Waals surface area (Å²) >= 11 is 0. The molecule has 2 aromatic heterocycles. The summed E-state index contributed by atoms with van der Waals surface area (Å²) in [4.78, 5) is 28.2. The van der Waals surface area contributed by atoms with Gasteiger partial charge in [-0.25, -0.2) is 0 Å². The molecule has 0 spiro atoms. The van der Waals surface area contributed by atoms with Gasteiger partial charge in [-0.1, -0.05) is 6.92 Å². The Balaban J connectivity index is 2.57. The number of hydrogen-bond donors (Lipinski definition) is 2. The summed E-state index contributed by atoms with van der Waals surface area (Å²) in [6, 6.07) is 3.32. The SMILES string of the molecule is CC[C@@H](C)NC(=O)c1c(O)nc2cc(C)ccn2c1=O. The van der Waals surface area contributed by atoms with Gasteiger partial charge >= 0.3 is 0 Å². The van der Waals surface area contributed by atoms with Gasteiger partial charge in [-0.15, -0.1) is 0 Å². The van der Waals surface area contributed by atoms with Crippen LogP contribution in [0.1, 0.15) is 36.2 Å². The van der Waals surface area contributed by atoms with Gasteiger partial charge in [0.2, 0.25) is 5.88 Å². The van der Waals surface area contributed by atoms with Gasteiger partial charge in [-0.3, -0.25) is 14.0 Å². The molecule has 20 heavy (non-hydrogen) atoms. The van der Waals surface area contributed by atoms with Crippen molar-refractivity contribution in [3.8, 4) is 5.88 Å². The fraction of sp³-hybridized carbons (Fsp3) is 0.357. The molecule has 6 heteroatoms. The molecule has 0 unspecified atom stereocenters. The van der Waals surface area contributed by atoms with Crippen LogP contribution in [0.15, 0.2) is 23.1 Å². The Morgan fingerprint density at radius 1 is 1.55 bits per heavy atom. The molecule has 0 radical (unpaired) electrons. The summed E-state index contributed by atoms with van der Waals surface area (Å²) in [5, 5.41) is 12.5. The maximum Gasteiger partial charge on any atom is 0.274 e. The first-order chi connectivity index (χ1) is 9.43. The standard InChI is InChI=1S/C14H17N3O3/c1-4-9(3)15-12(18)11-13(19)16-10-7-8(2)5-6-17(10)14(11)20/h5-7,9,19H,4H2,1-3H3,(H,15,18)/t9-/m1/s1. The van der Waals surface area contributed by atoms with E-state index in [1.165, 1.54) is 4.40 Å². The molecule has 6 nitrogen and oxygen atoms in total. The van der Waals surface area contributed by atoms with Crippen molar-refractivity contribution in [2.24, 2.45) is 0 Å². The van der Waals surface area contributed by atoms with Gasteiger partial charge in [0.15, 0.2) is 5.56 Å². The zero-order valence-electron chi connectivity index (χ0n) is 11.7. The summed E-state index contributed by atoms with van der Waals surface area (Å²) in [6.07, 6.45) is 2.27. The molecule has 1 atom stereocenters. The predicted molar refractivity (Wildman–Crippen MR) is 75.1 cm³/mol. The maximum absolute atomic E-state index is 12.3. The molecular weight excluding hydrogens is 258 g/mol. The molecule has 0 saturated heterocycles. The molecule has 0 aliphatic rings. The number of nitrogens with one attached hydrogen (secondary N) is 1. The lowest BCUT2D eigenvalue weighted by Crippen LogP contribution is -2.36. The second-order valence-corrected chi connectivity index (χ2v) is 4.83. The molecule has 2 rings (SSSR count). The number of hydrogen-bond acceptors (Lipinski definition) is 4. The highest BCUT2D eigenvalue weighted by Crippen LogP contribution is 2.12. The smallest absolute Gasteiger partial charge is 0.274 e. The number of fused-ring (bicyclic) bond motifs is 1. The topological polar surface area (TPSA) is 83.7 Å². The highest BCUT2D eigenvalue weighted by Gasteiger charge is 2.20. The Morgan fingerprint density at radius 2 is 2.25 bits per heavy atom. The van der Waals surface area contributed by atoms with Gasteiger partial charge in [0.05, 0.1) is 0 Å². The van der Waals surface area contributed by atoms with Crippen LogP contribution in [0.5, 0.6) is 5.88 Å². The molecule has 0 bridgehead atoms. The third-order valence-corrected chi connectivity index (χ3v) is 3.18. The largest absolute Gasteiger partial charge is 0.493 e. The van der Waals surface area contributed by atoms with Crippen molar-refractivity contribution in [3.63, 3.8) is 0 Å². The monoisotopic (exact) mass is 275 g/mol. The number of pyridine rings is 1. The summed E-state index contributed by atoms with van der Waals surface area (Å²) in [6.45, 7) is 5.59. The zero-order chi connectivity index (χ0) is 14.9. The lowest BCUT2D eigenvalue weighted by atomic mass is 10.2. The van der Waals surface area contributed by atoms with E-state index < -0.39 is 17.3 Å². The number of nitrogens with zero attached hydrogens (tertiary/aromatic N) is 2. The third-order valence-electron chi connectivity index (χ3n) is 3.18. The molecule has 0 saturated carbocycles. The number of aromatic hydroxyl groups is 1. The Morgan fingerprint density at radius 3 is 2.90 bits per heavy atom. The number of rotatable bonds is 3. The molecule has 2 heterocycles. The van der Waals surface area contributed by atoms with Crippen molar-refractivity contribution in [1.82, 2.24) is 14.7 Å². The number of carbonyl (C=O) groups is 1. The van der Waals surface area contributed by atoms with Crippen LogP contribution in [0.2, 0.25) is 0 Å². The van der Waals surface area contributed by atoms with E-state index in [-0.39, 0.29) is 11.6 Å². The van der Waals surface area contributed by atoms with Crippen LogP contribution in [0.25, 0.3) is 5.65 Å². The van der Waals surface area contributed by atoms with E-state index in [1.54, 1.807) is 18.3 Å². The summed E-state index contributed by atoms with van der Waals surface area (Å²) < 4.78 is 1.25. The number of aryl methyl sites for hydroxylation is 1. The molecule has 106 valence electrons. The summed E-state index contributed by atoms with van der Waals surface area (Å²) in [5.74, 6) is -1.15. The fourth-order valence-corrected chi connectivity index (χ4v) is 1.82. The molecule has 2 aromatic rings.